The molecule has 0 spiro atoms. The van der Waals surface area contributed by atoms with E-state index in [4.69, 9.17) is 14.8 Å². The van der Waals surface area contributed by atoms with Crippen LogP contribution < -0.4 is 15.8 Å². The number of aromatic nitrogens is 4. The Morgan fingerprint density at radius 2 is 2.00 bits per heavy atom. The van der Waals surface area contributed by atoms with Crippen molar-refractivity contribution < 1.29 is 4.74 Å². The normalized spacial score (nSPS) is 19.7. The minimum absolute atomic E-state index is 0.117. The smallest absolute Gasteiger partial charge is 0.261 e. The maximum atomic E-state index is 12.7. The van der Waals surface area contributed by atoms with E-state index >= 15 is 0 Å². The van der Waals surface area contributed by atoms with E-state index in [-0.39, 0.29) is 5.56 Å². The molecule has 0 unspecified atom stereocenters. The van der Waals surface area contributed by atoms with Gasteiger partial charge in [-0.1, -0.05) is 19.3 Å². The zero-order valence-corrected chi connectivity index (χ0v) is 19.5. The Labute approximate surface area is 197 Å². The third kappa shape index (κ3) is 3.81. The lowest BCUT2D eigenvalue weighted by Gasteiger charge is -2.34. The lowest BCUT2D eigenvalue weighted by Crippen LogP contribution is -2.44. The molecule has 1 aliphatic carbocycles. The number of pyridine rings is 2. The number of nitrogens with zero attached hydrogens (tertiary/aromatic N) is 4. The summed E-state index contributed by atoms with van der Waals surface area (Å²) < 4.78 is 7.62. The Balaban J connectivity index is 1.33. The van der Waals surface area contributed by atoms with Crippen LogP contribution in [0.15, 0.2) is 47.4 Å². The van der Waals surface area contributed by atoms with Gasteiger partial charge in [0.25, 0.3) is 5.56 Å². The summed E-state index contributed by atoms with van der Waals surface area (Å²) in [6.45, 7) is 4.47. The number of morpholine rings is 1. The number of nitrogens with one attached hydrogen (secondary N) is 2. The van der Waals surface area contributed by atoms with Gasteiger partial charge >= 0.3 is 0 Å². The molecule has 4 aromatic rings. The summed E-state index contributed by atoms with van der Waals surface area (Å²) in [6.07, 6.45) is 7.62. The van der Waals surface area contributed by atoms with E-state index in [0.29, 0.717) is 23.3 Å². The van der Waals surface area contributed by atoms with E-state index in [1.54, 1.807) is 6.20 Å². The Kier molecular flexibility index (Phi) is 5.45. The third-order valence-electron chi connectivity index (χ3n) is 7.15. The number of hydrogen-bond donors (Lipinski definition) is 2. The van der Waals surface area contributed by atoms with Gasteiger partial charge in [-0.2, -0.15) is 5.10 Å². The molecule has 1 aromatic carbocycles. The molecule has 1 atom stereocenters. The van der Waals surface area contributed by atoms with E-state index < -0.39 is 0 Å². The molecule has 3 aromatic heterocycles. The molecule has 1 aliphatic heterocycles. The van der Waals surface area contributed by atoms with Crippen LogP contribution in [0.4, 0.5) is 17.3 Å². The Morgan fingerprint density at radius 3 is 2.85 bits per heavy atom. The molecular weight excluding hydrogens is 428 g/mol. The predicted octanol–water partition coefficient (Wildman–Crippen LogP) is 4.75. The monoisotopic (exact) mass is 458 g/mol. The summed E-state index contributed by atoms with van der Waals surface area (Å²) in [6, 6.07) is 12.9. The second kappa shape index (κ2) is 8.76. The van der Waals surface area contributed by atoms with Crippen molar-refractivity contribution >= 4 is 39.1 Å². The van der Waals surface area contributed by atoms with E-state index in [2.05, 4.69) is 45.0 Å². The number of aromatic amines is 1. The second-order valence-electron chi connectivity index (χ2n) is 9.47. The minimum atomic E-state index is -0.117. The molecule has 6 rings (SSSR count). The van der Waals surface area contributed by atoms with Gasteiger partial charge in [0.05, 0.1) is 36.3 Å². The first-order valence-corrected chi connectivity index (χ1v) is 12.3. The van der Waals surface area contributed by atoms with Crippen molar-refractivity contribution in [2.24, 2.45) is 0 Å². The van der Waals surface area contributed by atoms with Crippen LogP contribution in [0.2, 0.25) is 0 Å². The van der Waals surface area contributed by atoms with Crippen molar-refractivity contribution in [3.05, 3.63) is 52.9 Å². The van der Waals surface area contributed by atoms with Crippen LogP contribution in [0, 0.1) is 0 Å². The summed E-state index contributed by atoms with van der Waals surface area (Å²) >= 11 is 0. The average Bonchev–Trinajstić information content (AvgIpc) is 3.24. The highest BCUT2D eigenvalue weighted by molar-refractivity contribution is 5.92. The molecular formula is C26H30N6O2. The summed E-state index contributed by atoms with van der Waals surface area (Å²) in [5, 5.41) is 9.96. The first-order valence-electron chi connectivity index (χ1n) is 12.3. The van der Waals surface area contributed by atoms with Gasteiger partial charge in [0.2, 0.25) is 0 Å². The van der Waals surface area contributed by atoms with Crippen molar-refractivity contribution in [3.8, 4) is 0 Å². The number of anilines is 3. The quantitative estimate of drug-likeness (QED) is 0.459. The number of benzene rings is 1. The predicted molar refractivity (Wildman–Crippen MR) is 135 cm³/mol. The molecule has 2 N–H and O–H groups in total. The largest absolute Gasteiger partial charge is 0.377 e. The van der Waals surface area contributed by atoms with Gasteiger partial charge in [-0.3, -0.25) is 9.48 Å². The van der Waals surface area contributed by atoms with Crippen LogP contribution in [-0.4, -0.2) is 45.5 Å². The summed E-state index contributed by atoms with van der Waals surface area (Å²) in [5.74, 6) is 1.58. The zero-order chi connectivity index (χ0) is 23.1. The standard InChI is InChI=1S/C26H30N6O2/c1-17-16-34-14-13-31(17)23-10-7-18-15-19(8-9-21(18)29-23)28-25-24-22(11-12-27-26(24)33)32(30-25)20-5-3-2-4-6-20/h7-12,15,17,20H,2-6,13-14,16H2,1H3,(H,27,33)(H,28,30)/t17-/m0/s1. The molecule has 8 heteroatoms. The molecule has 2 aliphatic rings. The fraction of sp³-hybridized carbons (Fsp3) is 0.423. The van der Waals surface area contributed by atoms with Gasteiger partial charge in [0, 0.05) is 23.8 Å². The van der Waals surface area contributed by atoms with E-state index in [1.165, 1.54) is 19.3 Å². The first kappa shape index (κ1) is 21.2. The highest BCUT2D eigenvalue weighted by Gasteiger charge is 2.23. The van der Waals surface area contributed by atoms with Crippen molar-refractivity contribution in [2.45, 2.75) is 51.1 Å². The third-order valence-corrected chi connectivity index (χ3v) is 7.15. The minimum Gasteiger partial charge on any atom is -0.377 e. The molecule has 1 saturated heterocycles. The van der Waals surface area contributed by atoms with Gasteiger partial charge in [-0.05, 0) is 56.2 Å². The topological polar surface area (TPSA) is 88.1 Å². The van der Waals surface area contributed by atoms with Crippen molar-refractivity contribution in [2.75, 3.05) is 30.0 Å². The SMILES string of the molecule is C[C@H]1COCCN1c1ccc2cc(Nc3nn(C4CCCCC4)c4cc[nH]c(=O)c34)ccc2n1. The highest BCUT2D eigenvalue weighted by Crippen LogP contribution is 2.33. The van der Waals surface area contributed by atoms with Gasteiger partial charge in [-0.25, -0.2) is 4.98 Å². The molecule has 1 saturated carbocycles. The summed E-state index contributed by atoms with van der Waals surface area (Å²) in [7, 11) is 0. The molecule has 2 fully saturated rings. The lowest BCUT2D eigenvalue weighted by atomic mass is 9.95. The fourth-order valence-electron chi connectivity index (χ4n) is 5.35. The van der Waals surface area contributed by atoms with Crippen LogP contribution in [0.25, 0.3) is 21.8 Å². The van der Waals surface area contributed by atoms with Crippen molar-refractivity contribution in [1.82, 2.24) is 19.7 Å². The van der Waals surface area contributed by atoms with Gasteiger partial charge in [0.1, 0.15) is 11.2 Å². The van der Waals surface area contributed by atoms with Gasteiger partial charge in [-0.15, -0.1) is 0 Å². The molecule has 0 radical (unpaired) electrons. The van der Waals surface area contributed by atoms with E-state index in [0.717, 1.165) is 60.5 Å². The van der Waals surface area contributed by atoms with Crippen LogP contribution in [0.3, 0.4) is 0 Å². The summed E-state index contributed by atoms with van der Waals surface area (Å²) in [4.78, 5) is 22.7. The Hall–Kier alpha value is -3.39. The number of rotatable bonds is 4. The van der Waals surface area contributed by atoms with Gasteiger partial charge < -0.3 is 19.9 Å². The van der Waals surface area contributed by atoms with Crippen LogP contribution >= 0.6 is 0 Å². The number of H-pyrrole nitrogens is 1. The Bertz CT molecular complexity index is 1390. The zero-order valence-electron chi connectivity index (χ0n) is 19.5. The van der Waals surface area contributed by atoms with Crippen molar-refractivity contribution in [3.63, 3.8) is 0 Å². The molecule has 34 heavy (non-hydrogen) atoms. The first-order chi connectivity index (χ1) is 16.7. The van der Waals surface area contributed by atoms with Crippen LogP contribution in [0.1, 0.15) is 45.1 Å². The summed E-state index contributed by atoms with van der Waals surface area (Å²) in [5.41, 5.74) is 2.61. The number of ether oxygens (including phenoxy) is 1. The average molecular weight is 459 g/mol. The molecule has 4 heterocycles. The lowest BCUT2D eigenvalue weighted by molar-refractivity contribution is 0.0986. The molecule has 8 nitrogen and oxygen atoms in total. The highest BCUT2D eigenvalue weighted by atomic mass is 16.5. The maximum absolute atomic E-state index is 12.7. The van der Waals surface area contributed by atoms with E-state index in [9.17, 15) is 4.79 Å². The molecule has 176 valence electrons. The maximum Gasteiger partial charge on any atom is 0.261 e. The molecule has 0 bridgehead atoms. The van der Waals surface area contributed by atoms with Crippen LogP contribution in [0.5, 0.6) is 0 Å². The van der Waals surface area contributed by atoms with Crippen LogP contribution in [-0.2, 0) is 4.74 Å². The fourth-order valence-corrected chi connectivity index (χ4v) is 5.35. The van der Waals surface area contributed by atoms with Gasteiger partial charge in [0.15, 0.2) is 5.82 Å². The van der Waals surface area contributed by atoms with Crippen molar-refractivity contribution in [1.29, 1.82) is 0 Å². The number of hydrogen-bond acceptors (Lipinski definition) is 6. The second-order valence-corrected chi connectivity index (χ2v) is 9.47. The number of fused-ring (bicyclic) bond motifs is 2. The molecule has 0 amide bonds. The van der Waals surface area contributed by atoms with E-state index in [1.807, 2.05) is 18.2 Å². The Morgan fingerprint density at radius 1 is 1.12 bits per heavy atom.